The van der Waals surface area contributed by atoms with Crippen LogP contribution in [0.5, 0.6) is 5.75 Å². The van der Waals surface area contributed by atoms with Gasteiger partial charge in [-0.15, -0.1) is 0 Å². The summed E-state index contributed by atoms with van der Waals surface area (Å²) in [7, 11) is 1.95. The Morgan fingerprint density at radius 3 is 2.62 bits per heavy atom. The van der Waals surface area contributed by atoms with Crippen molar-refractivity contribution in [2.24, 2.45) is 7.05 Å². The topological polar surface area (TPSA) is 27.1 Å². The van der Waals surface area contributed by atoms with Crippen molar-refractivity contribution < 1.29 is 4.74 Å². The van der Waals surface area contributed by atoms with Crippen molar-refractivity contribution in [3.63, 3.8) is 0 Å². The summed E-state index contributed by atoms with van der Waals surface area (Å²) in [4.78, 5) is 0. The zero-order valence-electron chi connectivity index (χ0n) is 9.68. The molecule has 0 atom stereocenters. The highest BCUT2D eigenvalue weighted by Crippen LogP contribution is 2.12. The number of benzene rings is 1. The quantitative estimate of drug-likeness (QED) is 0.785. The van der Waals surface area contributed by atoms with E-state index in [-0.39, 0.29) is 0 Å². The lowest BCUT2D eigenvalue weighted by Crippen LogP contribution is -2.02. The van der Waals surface area contributed by atoms with E-state index in [1.54, 1.807) is 0 Å². The molecule has 1 aromatic heterocycles. The van der Waals surface area contributed by atoms with Gasteiger partial charge >= 0.3 is 0 Å². The minimum atomic E-state index is 0.563. The number of hydrogen-bond acceptors (Lipinski definition) is 2. The van der Waals surface area contributed by atoms with Gasteiger partial charge in [-0.2, -0.15) is 5.10 Å². The molecule has 1 heterocycles. The van der Waals surface area contributed by atoms with E-state index in [1.165, 1.54) is 0 Å². The molecule has 16 heavy (non-hydrogen) atoms. The van der Waals surface area contributed by atoms with Gasteiger partial charge in [-0.05, 0) is 24.6 Å². The number of aromatic nitrogens is 2. The highest BCUT2D eigenvalue weighted by Gasteiger charge is 2.04. The second-order valence-corrected chi connectivity index (χ2v) is 3.71. The van der Waals surface area contributed by atoms with Crippen LogP contribution < -0.4 is 4.74 Å². The maximum Gasteiger partial charge on any atom is 0.130 e. The zero-order valence-corrected chi connectivity index (χ0v) is 9.68. The predicted molar refractivity (Wildman–Crippen MR) is 63.4 cm³/mol. The fourth-order valence-electron chi connectivity index (χ4n) is 1.55. The standard InChI is InChI=1S/C13H16N2O/c1-3-11-9-12(15(2)14-11)10-16-13-7-5-4-6-8-13/h4-9H,3,10H2,1-2H3. The molecular formula is C13H16N2O. The van der Waals surface area contributed by atoms with Gasteiger partial charge in [-0.3, -0.25) is 4.68 Å². The van der Waals surface area contributed by atoms with Crippen LogP contribution in [0, 0.1) is 0 Å². The third-order valence-corrected chi connectivity index (χ3v) is 2.52. The van der Waals surface area contributed by atoms with Crippen molar-refractivity contribution in [3.8, 4) is 5.75 Å². The Labute approximate surface area is 95.7 Å². The second-order valence-electron chi connectivity index (χ2n) is 3.71. The summed E-state index contributed by atoms with van der Waals surface area (Å²) in [5.74, 6) is 0.891. The average molecular weight is 216 g/mol. The number of rotatable bonds is 4. The Balaban J connectivity index is 2.02. The van der Waals surface area contributed by atoms with Gasteiger partial charge < -0.3 is 4.74 Å². The summed E-state index contributed by atoms with van der Waals surface area (Å²) in [6.07, 6.45) is 0.958. The van der Waals surface area contributed by atoms with Crippen molar-refractivity contribution in [2.75, 3.05) is 0 Å². The van der Waals surface area contributed by atoms with Crippen LogP contribution >= 0.6 is 0 Å². The lowest BCUT2D eigenvalue weighted by atomic mass is 10.3. The van der Waals surface area contributed by atoms with Gasteiger partial charge in [0.15, 0.2) is 0 Å². The van der Waals surface area contributed by atoms with Crippen molar-refractivity contribution in [1.29, 1.82) is 0 Å². The largest absolute Gasteiger partial charge is 0.487 e. The van der Waals surface area contributed by atoms with Crippen LogP contribution in [-0.4, -0.2) is 9.78 Å². The molecule has 2 aromatic rings. The maximum atomic E-state index is 5.67. The molecule has 0 fully saturated rings. The molecule has 0 saturated carbocycles. The molecule has 0 aliphatic heterocycles. The normalized spacial score (nSPS) is 10.4. The van der Waals surface area contributed by atoms with E-state index in [4.69, 9.17) is 4.74 Å². The van der Waals surface area contributed by atoms with E-state index in [2.05, 4.69) is 18.1 Å². The first-order valence-corrected chi connectivity index (χ1v) is 5.49. The molecular weight excluding hydrogens is 200 g/mol. The van der Waals surface area contributed by atoms with Gasteiger partial charge in [0, 0.05) is 7.05 Å². The van der Waals surface area contributed by atoms with Crippen LogP contribution in [-0.2, 0) is 20.1 Å². The van der Waals surface area contributed by atoms with Crippen LogP contribution in [0.2, 0.25) is 0 Å². The molecule has 1 aromatic carbocycles. The number of nitrogens with zero attached hydrogens (tertiary/aromatic N) is 2. The van der Waals surface area contributed by atoms with Crippen molar-refractivity contribution in [2.45, 2.75) is 20.0 Å². The molecule has 2 rings (SSSR count). The first-order valence-electron chi connectivity index (χ1n) is 5.49. The van der Waals surface area contributed by atoms with Crippen LogP contribution in [0.25, 0.3) is 0 Å². The minimum absolute atomic E-state index is 0.563. The third kappa shape index (κ3) is 2.42. The van der Waals surface area contributed by atoms with Crippen molar-refractivity contribution >= 4 is 0 Å². The van der Waals surface area contributed by atoms with Gasteiger partial charge in [-0.1, -0.05) is 25.1 Å². The molecule has 84 valence electrons. The molecule has 0 saturated heterocycles. The summed E-state index contributed by atoms with van der Waals surface area (Å²) < 4.78 is 7.55. The molecule has 3 heteroatoms. The SMILES string of the molecule is CCc1cc(COc2ccccc2)n(C)n1. The Morgan fingerprint density at radius 2 is 2.00 bits per heavy atom. The van der Waals surface area contributed by atoms with Gasteiger partial charge in [0.1, 0.15) is 12.4 Å². The van der Waals surface area contributed by atoms with Crippen LogP contribution in [0.4, 0.5) is 0 Å². The van der Waals surface area contributed by atoms with E-state index in [1.807, 2.05) is 42.1 Å². The molecule has 0 unspecified atom stereocenters. The molecule has 0 spiro atoms. The lowest BCUT2D eigenvalue weighted by molar-refractivity contribution is 0.295. The Hall–Kier alpha value is -1.77. The van der Waals surface area contributed by atoms with E-state index in [0.29, 0.717) is 6.61 Å². The molecule has 0 aliphatic rings. The number of hydrogen-bond donors (Lipinski definition) is 0. The molecule has 0 aliphatic carbocycles. The highest BCUT2D eigenvalue weighted by atomic mass is 16.5. The fraction of sp³-hybridized carbons (Fsp3) is 0.308. The summed E-state index contributed by atoms with van der Waals surface area (Å²) in [5.41, 5.74) is 2.20. The van der Waals surface area contributed by atoms with Crippen LogP contribution in [0.3, 0.4) is 0 Å². The van der Waals surface area contributed by atoms with E-state index >= 15 is 0 Å². The van der Waals surface area contributed by atoms with Gasteiger partial charge in [0.2, 0.25) is 0 Å². The van der Waals surface area contributed by atoms with E-state index in [9.17, 15) is 0 Å². The van der Waals surface area contributed by atoms with Gasteiger partial charge in [0.25, 0.3) is 0 Å². The lowest BCUT2D eigenvalue weighted by Gasteiger charge is -2.05. The molecule has 3 nitrogen and oxygen atoms in total. The molecule has 0 amide bonds. The van der Waals surface area contributed by atoms with E-state index in [0.717, 1.165) is 23.6 Å². The monoisotopic (exact) mass is 216 g/mol. The van der Waals surface area contributed by atoms with E-state index < -0.39 is 0 Å². The van der Waals surface area contributed by atoms with Crippen molar-refractivity contribution in [3.05, 3.63) is 47.8 Å². The maximum absolute atomic E-state index is 5.67. The number of ether oxygens (including phenoxy) is 1. The molecule has 0 N–H and O–H groups in total. The number of para-hydroxylation sites is 1. The highest BCUT2D eigenvalue weighted by molar-refractivity contribution is 5.21. The van der Waals surface area contributed by atoms with Gasteiger partial charge in [-0.25, -0.2) is 0 Å². The Bertz CT molecular complexity index is 448. The molecule has 0 bridgehead atoms. The van der Waals surface area contributed by atoms with Crippen molar-refractivity contribution in [1.82, 2.24) is 9.78 Å². The Morgan fingerprint density at radius 1 is 1.25 bits per heavy atom. The van der Waals surface area contributed by atoms with Crippen LogP contribution in [0.1, 0.15) is 18.3 Å². The Kier molecular flexibility index (Phi) is 3.25. The minimum Gasteiger partial charge on any atom is -0.487 e. The average Bonchev–Trinajstić information content (AvgIpc) is 2.69. The smallest absolute Gasteiger partial charge is 0.130 e. The zero-order chi connectivity index (χ0) is 11.4. The first-order chi connectivity index (χ1) is 7.79. The van der Waals surface area contributed by atoms with Crippen LogP contribution in [0.15, 0.2) is 36.4 Å². The summed E-state index contributed by atoms with van der Waals surface area (Å²) >= 11 is 0. The summed E-state index contributed by atoms with van der Waals surface area (Å²) in [5, 5.41) is 4.38. The summed E-state index contributed by atoms with van der Waals surface area (Å²) in [6, 6.07) is 11.9. The fourth-order valence-corrected chi connectivity index (χ4v) is 1.55. The summed E-state index contributed by atoms with van der Waals surface area (Å²) in [6.45, 7) is 2.66. The van der Waals surface area contributed by atoms with Gasteiger partial charge in [0.05, 0.1) is 11.4 Å². The first kappa shape index (κ1) is 10.7. The molecule has 0 radical (unpaired) electrons. The number of aryl methyl sites for hydroxylation is 2. The second kappa shape index (κ2) is 4.84. The predicted octanol–water partition coefficient (Wildman–Crippen LogP) is 2.56. The third-order valence-electron chi connectivity index (χ3n) is 2.52.